The molecule has 0 spiro atoms. The lowest BCUT2D eigenvalue weighted by Gasteiger charge is -2.20. The fourth-order valence-electron chi connectivity index (χ4n) is 3.12. The van der Waals surface area contributed by atoms with Crippen molar-refractivity contribution in [1.82, 2.24) is 14.6 Å². The van der Waals surface area contributed by atoms with E-state index >= 15 is 0 Å². The second kappa shape index (κ2) is 7.36. The minimum atomic E-state index is -0.134. The SMILES string of the molecule is Cc1ccc(Nc2cc(C(C)(C)C)nc3c(-c4ccccc4Cl)cnn23)cc1Cl. The summed E-state index contributed by atoms with van der Waals surface area (Å²) in [5.41, 5.74) is 5.31. The van der Waals surface area contributed by atoms with E-state index in [0.717, 1.165) is 39.5 Å². The lowest BCUT2D eigenvalue weighted by molar-refractivity contribution is 0.569. The molecule has 4 rings (SSSR count). The third-order valence-corrected chi connectivity index (χ3v) is 5.59. The first-order valence-electron chi connectivity index (χ1n) is 9.41. The third-order valence-electron chi connectivity index (χ3n) is 4.85. The van der Waals surface area contributed by atoms with Crippen LogP contribution in [0.2, 0.25) is 10.0 Å². The molecule has 2 aromatic heterocycles. The van der Waals surface area contributed by atoms with E-state index in [0.29, 0.717) is 10.0 Å². The maximum atomic E-state index is 6.45. The van der Waals surface area contributed by atoms with Gasteiger partial charge in [-0.25, -0.2) is 4.98 Å². The Morgan fingerprint density at radius 1 is 0.931 bits per heavy atom. The molecule has 0 saturated heterocycles. The van der Waals surface area contributed by atoms with Gasteiger partial charge in [0.2, 0.25) is 0 Å². The first-order chi connectivity index (χ1) is 13.7. The van der Waals surface area contributed by atoms with Gasteiger partial charge in [0.25, 0.3) is 0 Å². The van der Waals surface area contributed by atoms with Crippen molar-refractivity contribution in [3.8, 4) is 11.1 Å². The van der Waals surface area contributed by atoms with Crippen molar-refractivity contribution in [2.45, 2.75) is 33.1 Å². The van der Waals surface area contributed by atoms with E-state index in [4.69, 9.17) is 28.2 Å². The van der Waals surface area contributed by atoms with Crippen molar-refractivity contribution in [1.29, 1.82) is 0 Å². The van der Waals surface area contributed by atoms with E-state index in [1.807, 2.05) is 66.2 Å². The van der Waals surface area contributed by atoms with Gasteiger partial charge in [0, 0.05) is 38.3 Å². The Morgan fingerprint density at radius 3 is 2.38 bits per heavy atom. The molecular weight excluding hydrogens is 403 g/mol. The quantitative estimate of drug-likeness (QED) is 0.382. The molecule has 4 nitrogen and oxygen atoms in total. The summed E-state index contributed by atoms with van der Waals surface area (Å²) in [6, 6.07) is 15.7. The molecule has 0 radical (unpaired) electrons. The lowest BCUT2D eigenvalue weighted by Crippen LogP contribution is -2.16. The van der Waals surface area contributed by atoms with Crippen molar-refractivity contribution in [2.75, 3.05) is 5.32 Å². The van der Waals surface area contributed by atoms with Crippen molar-refractivity contribution < 1.29 is 0 Å². The van der Waals surface area contributed by atoms with Crippen molar-refractivity contribution in [3.63, 3.8) is 0 Å². The number of benzene rings is 2. The maximum Gasteiger partial charge on any atom is 0.165 e. The zero-order valence-corrected chi connectivity index (χ0v) is 18.3. The predicted octanol–water partition coefficient (Wildman–Crippen LogP) is 7.05. The summed E-state index contributed by atoms with van der Waals surface area (Å²) in [5, 5.41) is 9.43. The molecule has 1 N–H and O–H groups in total. The van der Waals surface area contributed by atoms with Gasteiger partial charge in [-0.2, -0.15) is 9.61 Å². The molecule has 0 unspecified atom stereocenters. The van der Waals surface area contributed by atoms with Gasteiger partial charge in [-0.1, -0.05) is 68.2 Å². The monoisotopic (exact) mass is 424 g/mol. The standard InChI is InChI=1S/C23H22Cl2N4/c1-14-9-10-15(11-19(14)25)27-21-12-20(23(2,3)4)28-22-17(13-26-29(21)22)16-7-5-6-8-18(16)24/h5-13,27H,1-4H3. The molecule has 0 aliphatic heterocycles. The zero-order valence-electron chi connectivity index (χ0n) is 16.8. The number of nitrogens with zero attached hydrogens (tertiary/aromatic N) is 3. The summed E-state index contributed by atoms with van der Waals surface area (Å²) in [5.74, 6) is 0.818. The van der Waals surface area contributed by atoms with Gasteiger partial charge in [0.15, 0.2) is 5.65 Å². The molecule has 6 heteroatoms. The summed E-state index contributed by atoms with van der Waals surface area (Å²) in [6.45, 7) is 8.41. The van der Waals surface area contributed by atoms with Gasteiger partial charge in [-0.15, -0.1) is 0 Å². The number of nitrogens with one attached hydrogen (secondary N) is 1. The van der Waals surface area contributed by atoms with Crippen LogP contribution in [-0.4, -0.2) is 14.6 Å². The summed E-state index contributed by atoms with van der Waals surface area (Å²) in [6.07, 6.45) is 1.81. The molecule has 2 aromatic carbocycles. The molecule has 0 aliphatic rings. The number of hydrogen-bond donors (Lipinski definition) is 1. The van der Waals surface area contributed by atoms with E-state index in [-0.39, 0.29) is 5.41 Å². The molecule has 0 saturated carbocycles. The van der Waals surface area contributed by atoms with Crippen LogP contribution in [0.1, 0.15) is 32.0 Å². The van der Waals surface area contributed by atoms with E-state index in [1.165, 1.54) is 0 Å². The average molecular weight is 425 g/mol. The van der Waals surface area contributed by atoms with Gasteiger partial charge < -0.3 is 5.32 Å². The van der Waals surface area contributed by atoms with Gasteiger partial charge in [0.05, 0.1) is 11.9 Å². The van der Waals surface area contributed by atoms with Crippen LogP contribution in [0.4, 0.5) is 11.5 Å². The molecule has 148 valence electrons. The Hall–Kier alpha value is -2.56. The molecule has 29 heavy (non-hydrogen) atoms. The van der Waals surface area contributed by atoms with Crippen LogP contribution in [0.5, 0.6) is 0 Å². The van der Waals surface area contributed by atoms with Crippen molar-refractivity contribution >= 4 is 40.4 Å². The number of aryl methyl sites for hydroxylation is 1. The Balaban J connectivity index is 1.92. The molecule has 0 fully saturated rings. The van der Waals surface area contributed by atoms with Crippen molar-refractivity contribution in [3.05, 3.63) is 76.0 Å². The minimum absolute atomic E-state index is 0.134. The topological polar surface area (TPSA) is 42.2 Å². The van der Waals surface area contributed by atoms with E-state index in [2.05, 4.69) is 31.2 Å². The number of hydrogen-bond acceptors (Lipinski definition) is 3. The number of rotatable bonds is 3. The van der Waals surface area contributed by atoms with Crippen LogP contribution in [0.3, 0.4) is 0 Å². The van der Waals surface area contributed by atoms with Gasteiger partial charge >= 0.3 is 0 Å². The highest BCUT2D eigenvalue weighted by atomic mass is 35.5. The molecule has 0 amide bonds. The smallest absolute Gasteiger partial charge is 0.165 e. The van der Waals surface area contributed by atoms with Crippen molar-refractivity contribution in [2.24, 2.45) is 0 Å². The highest BCUT2D eigenvalue weighted by molar-refractivity contribution is 6.33. The summed E-state index contributed by atoms with van der Waals surface area (Å²) >= 11 is 12.8. The first kappa shape index (κ1) is 19.7. The molecule has 4 aromatic rings. The Kier molecular flexibility index (Phi) is 5.01. The van der Waals surface area contributed by atoms with Gasteiger partial charge in [-0.3, -0.25) is 0 Å². The Labute approximate surface area is 180 Å². The zero-order chi connectivity index (χ0) is 20.8. The van der Waals surface area contributed by atoms with Crippen LogP contribution in [0.25, 0.3) is 16.8 Å². The molecule has 2 heterocycles. The van der Waals surface area contributed by atoms with Crippen LogP contribution in [-0.2, 0) is 5.41 Å². The number of anilines is 2. The van der Waals surface area contributed by atoms with Crippen LogP contribution in [0.15, 0.2) is 54.7 Å². The van der Waals surface area contributed by atoms with E-state index in [1.54, 1.807) is 0 Å². The third kappa shape index (κ3) is 3.83. The number of halogens is 2. The van der Waals surface area contributed by atoms with Crippen LogP contribution in [0, 0.1) is 6.92 Å². The summed E-state index contributed by atoms with van der Waals surface area (Å²) in [7, 11) is 0. The number of fused-ring (bicyclic) bond motifs is 1. The lowest BCUT2D eigenvalue weighted by atomic mass is 9.92. The normalized spacial score (nSPS) is 11.8. The van der Waals surface area contributed by atoms with Crippen LogP contribution >= 0.6 is 23.2 Å². The molecular formula is C23H22Cl2N4. The molecule has 0 atom stereocenters. The van der Waals surface area contributed by atoms with Crippen LogP contribution < -0.4 is 5.32 Å². The predicted molar refractivity (Wildman–Crippen MR) is 122 cm³/mol. The Morgan fingerprint density at radius 2 is 1.69 bits per heavy atom. The Bertz CT molecular complexity index is 1210. The largest absolute Gasteiger partial charge is 0.340 e. The minimum Gasteiger partial charge on any atom is -0.340 e. The fourth-order valence-corrected chi connectivity index (χ4v) is 3.54. The summed E-state index contributed by atoms with van der Waals surface area (Å²) < 4.78 is 1.81. The maximum absolute atomic E-state index is 6.45. The molecule has 0 aliphatic carbocycles. The number of aromatic nitrogens is 3. The fraction of sp³-hybridized carbons (Fsp3) is 0.217. The second-order valence-electron chi connectivity index (χ2n) is 8.14. The average Bonchev–Trinajstić information content (AvgIpc) is 3.08. The first-order valence-corrected chi connectivity index (χ1v) is 10.2. The highest BCUT2D eigenvalue weighted by Gasteiger charge is 2.21. The summed E-state index contributed by atoms with van der Waals surface area (Å²) in [4.78, 5) is 4.93. The van der Waals surface area contributed by atoms with Gasteiger partial charge in [-0.05, 0) is 30.7 Å². The van der Waals surface area contributed by atoms with E-state index < -0.39 is 0 Å². The van der Waals surface area contributed by atoms with E-state index in [9.17, 15) is 0 Å². The highest BCUT2D eigenvalue weighted by Crippen LogP contribution is 2.34. The second-order valence-corrected chi connectivity index (χ2v) is 8.95. The molecule has 0 bridgehead atoms. The van der Waals surface area contributed by atoms with Gasteiger partial charge in [0.1, 0.15) is 5.82 Å².